The molecule has 0 unspecified atom stereocenters. The third-order valence-electron chi connectivity index (χ3n) is 4.34. The number of benzene rings is 2. The van der Waals surface area contributed by atoms with Gasteiger partial charge in [-0.25, -0.2) is 0 Å². The van der Waals surface area contributed by atoms with Crippen molar-refractivity contribution in [3.8, 4) is 0 Å². The second-order valence-corrected chi connectivity index (χ2v) is 9.96. The van der Waals surface area contributed by atoms with Crippen molar-refractivity contribution < 1.29 is 9.59 Å². The van der Waals surface area contributed by atoms with Crippen molar-refractivity contribution in [2.24, 2.45) is 0 Å². The molecule has 0 aliphatic carbocycles. The highest BCUT2D eigenvalue weighted by atomic mass is 79.9. The second kappa shape index (κ2) is 12.0. The first kappa shape index (κ1) is 25.1. The molecule has 1 N–H and O–H groups in total. The van der Waals surface area contributed by atoms with Crippen molar-refractivity contribution in [1.29, 1.82) is 0 Å². The van der Waals surface area contributed by atoms with Crippen molar-refractivity contribution in [3.05, 3.63) is 68.1 Å². The van der Waals surface area contributed by atoms with Gasteiger partial charge in [-0.3, -0.25) is 9.59 Å². The zero-order valence-electron chi connectivity index (χ0n) is 17.1. The maximum absolute atomic E-state index is 13.1. The summed E-state index contributed by atoms with van der Waals surface area (Å²) in [5, 5.41) is 4.05. The minimum Gasteiger partial charge on any atom is -0.352 e. The van der Waals surface area contributed by atoms with E-state index in [2.05, 4.69) is 21.2 Å². The summed E-state index contributed by atoms with van der Waals surface area (Å²) in [5.74, 6) is 0.557. The van der Waals surface area contributed by atoms with Crippen LogP contribution in [0.15, 0.2) is 46.9 Å². The summed E-state index contributed by atoms with van der Waals surface area (Å²) in [6, 6.07) is 12.5. The van der Waals surface area contributed by atoms with E-state index in [9.17, 15) is 9.59 Å². The first-order chi connectivity index (χ1) is 14.2. The van der Waals surface area contributed by atoms with Crippen LogP contribution < -0.4 is 5.32 Å². The number of carbonyl (C=O) groups is 2. The van der Waals surface area contributed by atoms with E-state index < -0.39 is 6.04 Å². The Morgan fingerprint density at radius 1 is 1.13 bits per heavy atom. The highest BCUT2D eigenvalue weighted by molar-refractivity contribution is 9.10. The van der Waals surface area contributed by atoms with Crippen LogP contribution in [0.2, 0.25) is 10.0 Å². The smallest absolute Gasteiger partial charge is 0.242 e. The monoisotopic (exact) mass is 530 g/mol. The number of thioether (sulfide) groups is 1. The molecular weight excluding hydrogens is 507 g/mol. The molecule has 0 spiro atoms. The summed E-state index contributed by atoms with van der Waals surface area (Å²) in [4.78, 5) is 27.3. The van der Waals surface area contributed by atoms with E-state index >= 15 is 0 Å². The van der Waals surface area contributed by atoms with Gasteiger partial charge in [0.2, 0.25) is 11.8 Å². The van der Waals surface area contributed by atoms with Gasteiger partial charge in [0, 0.05) is 32.9 Å². The Morgan fingerprint density at radius 3 is 2.50 bits per heavy atom. The Bertz CT molecular complexity index is 895. The van der Waals surface area contributed by atoms with Crippen LogP contribution >= 0.6 is 50.9 Å². The Kier molecular flexibility index (Phi) is 10.0. The number of carbonyl (C=O) groups excluding carboxylic acids is 2. The lowest BCUT2D eigenvalue weighted by atomic mass is 10.1. The van der Waals surface area contributed by atoms with E-state index in [4.69, 9.17) is 23.2 Å². The molecule has 0 saturated heterocycles. The van der Waals surface area contributed by atoms with Crippen molar-refractivity contribution >= 4 is 62.7 Å². The van der Waals surface area contributed by atoms with Gasteiger partial charge < -0.3 is 10.2 Å². The number of amides is 2. The summed E-state index contributed by atoms with van der Waals surface area (Å²) in [7, 11) is 0. The molecule has 0 aromatic heterocycles. The topological polar surface area (TPSA) is 49.4 Å². The quantitative estimate of drug-likeness (QED) is 0.436. The molecule has 2 aromatic carbocycles. The van der Waals surface area contributed by atoms with Gasteiger partial charge in [-0.05, 0) is 56.2 Å². The molecule has 0 aliphatic rings. The van der Waals surface area contributed by atoms with Crippen LogP contribution in [0.4, 0.5) is 0 Å². The van der Waals surface area contributed by atoms with E-state index in [0.29, 0.717) is 22.3 Å². The second-order valence-electron chi connectivity index (χ2n) is 7.22. The number of halogens is 3. The van der Waals surface area contributed by atoms with Crippen LogP contribution in [-0.4, -0.2) is 34.6 Å². The molecule has 0 heterocycles. The lowest BCUT2D eigenvalue weighted by Gasteiger charge is -2.29. The lowest BCUT2D eigenvalue weighted by molar-refractivity contribution is -0.138. The fourth-order valence-corrected chi connectivity index (χ4v) is 4.71. The fraction of sp³-hybridized carbons (Fsp3) is 0.364. The van der Waals surface area contributed by atoms with Gasteiger partial charge in [0.05, 0.1) is 5.75 Å². The van der Waals surface area contributed by atoms with Gasteiger partial charge in [-0.15, -0.1) is 11.8 Å². The van der Waals surface area contributed by atoms with Crippen LogP contribution in [-0.2, 0) is 21.9 Å². The van der Waals surface area contributed by atoms with Crippen LogP contribution in [0, 0.1) is 0 Å². The first-order valence-corrected chi connectivity index (χ1v) is 12.2. The number of nitrogens with one attached hydrogen (secondary N) is 1. The van der Waals surface area contributed by atoms with E-state index in [1.807, 2.05) is 44.2 Å². The number of hydrogen-bond donors (Lipinski definition) is 1. The third-order valence-corrected chi connectivity index (χ3v) is 6.38. The minimum atomic E-state index is -0.585. The average molecular weight is 532 g/mol. The molecule has 2 amide bonds. The van der Waals surface area contributed by atoms with Gasteiger partial charge in [0.1, 0.15) is 6.04 Å². The Hall–Kier alpha value is -1.21. The zero-order valence-corrected chi connectivity index (χ0v) is 21.0. The SMILES string of the molecule is CC(C)NC(=O)[C@H](C)N(Cc1cccc(Br)c1)C(=O)CSCc1ccc(Cl)cc1Cl. The third kappa shape index (κ3) is 7.80. The predicted molar refractivity (Wildman–Crippen MR) is 130 cm³/mol. The van der Waals surface area contributed by atoms with Crippen molar-refractivity contribution in [2.45, 2.75) is 45.2 Å². The minimum absolute atomic E-state index is 0.00388. The molecule has 8 heteroatoms. The van der Waals surface area contributed by atoms with Gasteiger partial charge >= 0.3 is 0 Å². The zero-order chi connectivity index (χ0) is 22.3. The molecule has 0 saturated carbocycles. The van der Waals surface area contributed by atoms with Gasteiger partial charge in [-0.2, -0.15) is 0 Å². The normalized spacial score (nSPS) is 12.0. The van der Waals surface area contributed by atoms with E-state index in [-0.39, 0.29) is 23.6 Å². The number of hydrogen-bond acceptors (Lipinski definition) is 3. The standard InChI is InChI=1S/C22H25BrCl2N2O2S/c1-14(2)26-22(29)15(3)27(11-16-5-4-6-18(23)9-16)21(28)13-30-12-17-7-8-19(24)10-20(17)25/h4-10,14-15H,11-13H2,1-3H3,(H,26,29)/t15-/m0/s1. The maximum atomic E-state index is 13.1. The maximum Gasteiger partial charge on any atom is 0.242 e. The van der Waals surface area contributed by atoms with Crippen molar-refractivity contribution in [1.82, 2.24) is 10.2 Å². The first-order valence-electron chi connectivity index (χ1n) is 9.53. The number of nitrogens with zero attached hydrogens (tertiary/aromatic N) is 1. The molecule has 0 radical (unpaired) electrons. The molecule has 1 atom stereocenters. The summed E-state index contributed by atoms with van der Waals surface area (Å²) in [5.41, 5.74) is 1.87. The highest BCUT2D eigenvalue weighted by Crippen LogP contribution is 2.25. The molecule has 0 aliphatic heterocycles. The molecule has 0 fully saturated rings. The van der Waals surface area contributed by atoms with Crippen LogP contribution in [0.25, 0.3) is 0 Å². The largest absolute Gasteiger partial charge is 0.352 e. The Labute approximate surface area is 200 Å². The summed E-state index contributed by atoms with van der Waals surface area (Å²) in [6.07, 6.45) is 0. The molecule has 30 heavy (non-hydrogen) atoms. The van der Waals surface area contributed by atoms with E-state index in [1.165, 1.54) is 11.8 Å². The van der Waals surface area contributed by atoms with Crippen LogP contribution in [0.3, 0.4) is 0 Å². The molecule has 0 bridgehead atoms. The molecule has 4 nitrogen and oxygen atoms in total. The van der Waals surface area contributed by atoms with Crippen LogP contribution in [0.5, 0.6) is 0 Å². The Morgan fingerprint density at radius 2 is 1.87 bits per heavy atom. The van der Waals surface area contributed by atoms with Crippen molar-refractivity contribution in [3.63, 3.8) is 0 Å². The highest BCUT2D eigenvalue weighted by Gasteiger charge is 2.26. The van der Waals surface area contributed by atoms with Crippen molar-refractivity contribution in [2.75, 3.05) is 5.75 Å². The van der Waals surface area contributed by atoms with Gasteiger partial charge in [-0.1, -0.05) is 57.3 Å². The summed E-state index contributed by atoms with van der Waals surface area (Å²) >= 11 is 17.1. The summed E-state index contributed by atoms with van der Waals surface area (Å²) in [6.45, 7) is 5.91. The molecular formula is C22H25BrCl2N2O2S. The fourth-order valence-electron chi connectivity index (χ4n) is 2.79. The Balaban J connectivity index is 2.09. The summed E-state index contributed by atoms with van der Waals surface area (Å²) < 4.78 is 0.929. The predicted octanol–water partition coefficient (Wildman–Crippen LogP) is 5.93. The molecule has 2 rings (SSSR count). The van der Waals surface area contributed by atoms with E-state index in [0.717, 1.165) is 15.6 Å². The van der Waals surface area contributed by atoms with Gasteiger partial charge in [0.25, 0.3) is 0 Å². The van der Waals surface area contributed by atoms with E-state index in [1.54, 1.807) is 24.0 Å². The lowest BCUT2D eigenvalue weighted by Crippen LogP contribution is -2.49. The van der Waals surface area contributed by atoms with Crippen LogP contribution in [0.1, 0.15) is 31.9 Å². The average Bonchev–Trinajstić information content (AvgIpc) is 2.66. The molecule has 162 valence electrons. The molecule has 2 aromatic rings. The van der Waals surface area contributed by atoms with Gasteiger partial charge in [0.15, 0.2) is 0 Å². The number of rotatable bonds is 9.